The van der Waals surface area contributed by atoms with Crippen molar-refractivity contribution >= 4 is 17.1 Å². The molecule has 0 amide bonds. The van der Waals surface area contributed by atoms with Gasteiger partial charge in [0.2, 0.25) is 0 Å². The molecule has 1 heterocycles. The number of hydrogen-bond donors (Lipinski definition) is 1. The second-order valence-electron chi connectivity index (χ2n) is 5.58. The Morgan fingerprint density at radius 1 is 1.40 bits per heavy atom. The molecule has 1 aromatic carbocycles. The molecular formula is C15H23N3O2. The van der Waals surface area contributed by atoms with Gasteiger partial charge in [-0.25, -0.2) is 0 Å². The maximum Gasteiger partial charge on any atom is 0.273 e. The van der Waals surface area contributed by atoms with Gasteiger partial charge >= 0.3 is 0 Å². The molecule has 1 aromatic rings. The smallest absolute Gasteiger partial charge is 0.273 e. The van der Waals surface area contributed by atoms with Crippen molar-refractivity contribution in [1.82, 2.24) is 0 Å². The van der Waals surface area contributed by atoms with Crippen LogP contribution >= 0.6 is 0 Å². The topological polar surface area (TPSA) is 58.4 Å². The number of anilines is 2. The predicted molar refractivity (Wildman–Crippen MR) is 82.5 cm³/mol. The van der Waals surface area contributed by atoms with E-state index in [0.717, 1.165) is 30.9 Å². The molecule has 1 fully saturated rings. The van der Waals surface area contributed by atoms with Crippen LogP contribution in [0.15, 0.2) is 18.2 Å². The van der Waals surface area contributed by atoms with Crippen LogP contribution in [0.2, 0.25) is 0 Å². The molecule has 2 rings (SSSR count). The van der Waals surface area contributed by atoms with Crippen LogP contribution in [-0.2, 0) is 0 Å². The number of hydrogen-bond acceptors (Lipinski definition) is 4. The Balaban J connectivity index is 2.36. The van der Waals surface area contributed by atoms with Crippen molar-refractivity contribution in [2.75, 3.05) is 23.3 Å². The van der Waals surface area contributed by atoms with Crippen molar-refractivity contribution < 1.29 is 4.92 Å². The molecule has 5 heteroatoms. The van der Waals surface area contributed by atoms with Crippen LogP contribution in [0.25, 0.3) is 0 Å². The second kappa shape index (κ2) is 6.11. The van der Waals surface area contributed by atoms with E-state index in [1.807, 2.05) is 13.0 Å². The van der Waals surface area contributed by atoms with Gasteiger partial charge in [0.05, 0.1) is 4.92 Å². The lowest BCUT2D eigenvalue weighted by atomic mass is 9.91. The third kappa shape index (κ3) is 3.03. The predicted octanol–water partition coefficient (Wildman–Crippen LogP) is 3.65. The number of nitro benzene ring substituents is 1. The molecule has 1 saturated heterocycles. The molecule has 0 saturated carbocycles. The normalized spacial score (nSPS) is 22.6. The fraction of sp³-hybridized carbons (Fsp3) is 0.600. The van der Waals surface area contributed by atoms with Gasteiger partial charge in [-0.2, -0.15) is 0 Å². The number of rotatable bonds is 4. The zero-order chi connectivity index (χ0) is 14.7. The van der Waals surface area contributed by atoms with Gasteiger partial charge < -0.3 is 10.2 Å². The molecule has 0 aliphatic carbocycles. The maximum atomic E-state index is 11.1. The quantitative estimate of drug-likeness (QED) is 0.674. The second-order valence-corrected chi connectivity index (χ2v) is 5.58. The lowest BCUT2D eigenvalue weighted by molar-refractivity contribution is -0.384. The van der Waals surface area contributed by atoms with Crippen molar-refractivity contribution in [3.8, 4) is 0 Å². The zero-order valence-electron chi connectivity index (χ0n) is 12.4. The summed E-state index contributed by atoms with van der Waals surface area (Å²) in [5.41, 5.74) is 1.93. The Morgan fingerprint density at radius 2 is 2.15 bits per heavy atom. The van der Waals surface area contributed by atoms with E-state index >= 15 is 0 Å². The van der Waals surface area contributed by atoms with Gasteiger partial charge in [-0.15, -0.1) is 0 Å². The number of nitrogens with one attached hydrogen (secondary N) is 1. The van der Waals surface area contributed by atoms with E-state index in [9.17, 15) is 10.1 Å². The van der Waals surface area contributed by atoms with Gasteiger partial charge in [-0.1, -0.05) is 6.92 Å². The summed E-state index contributed by atoms with van der Waals surface area (Å²) in [5, 5.41) is 14.3. The van der Waals surface area contributed by atoms with Crippen LogP contribution in [0.5, 0.6) is 0 Å². The highest BCUT2D eigenvalue weighted by Gasteiger charge is 2.26. The minimum absolute atomic E-state index is 0.156. The monoisotopic (exact) mass is 277 g/mol. The van der Waals surface area contributed by atoms with Gasteiger partial charge in [0.1, 0.15) is 0 Å². The minimum atomic E-state index is -0.317. The first-order valence-corrected chi connectivity index (χ1v) is 7.33. The molecule has 1 aliphatic rings. The molecule has 0 aromatic heterocycles. The molecule has 2 atom stereocenters. The summed E-state index contributed by atoms with van der Waals surface area (Å²) < 4.78 is 0. The molecule has 2 unspecified atom stereocenters. The van der Waals surface area contributed by atoms with Crippen LogP contribution in [0, 0.1) is 16.0 Å². The molecule has 110 valence electrons. The molecule has 1 aliphatic heterocycles. The van der Waals surface area contributed by atoms with Gasteiger partial charge in [0.15, 0.2) is 0 Å². The molecule has 0 bridgehead atoms. The molecular weight excluding hydrogens is 254 g/mol. The average Bonchev–Trinajstić information content (AvgIpc) is 2.42. The summed E-state index contributed by atoms with van der Waals surface area (Å²) >= 11 is 0. The Labute approximate surface area is 120 Å². The van der Waals surface area contributed by atoms with Crippen LogP contribution in [-0.4, -0.2) is 24.1 Å². The van der Waals surface area contributed by atoms with E-state index in [-0.39, 0.29) is 10.6 Å². The van der Waals surface area contributed by atoms with Crippen LogP contribution in [0.4, 0.5) is 17.1 Å². The number of benzene rings is 1. The average molecular weight is 277 g/mol. The summed E-state index contributed by atoms with van der Waals surface area (Å²) in [5.74, 6) is 0.616. The Hall–Kier alpha value is -1.78. The molecule has 1 N–H and O–H groups in total. The summed E-state index contributed by atoms with van der Waals surface area (Å²) in [7, 11) is 0. The summed E-state index contributed by atoms with van der Waals surface area (Å²) in [6.07, 6.45) is 2.37. The van der Waals surface area contributed by atoms with Gasteiger partial charge in [0.25, 0.3) is 5.69 Å². The van der Waals surface area contributed by atoms with Crippen molar-refractivity contribution in [2.24, 2.45) is 5.92 Å². The van der Waals surface area contributed by atoms with E-state index < -0.39 is 0 Å². The summed E-state index contributed by atoms with van der Waals surface area (Å²) in [6, 6.07) is 5.73. The van der Waals surface area contributed by atoms with Crippen LogP contribution < -0.4 is 10.2 Å². The Kier molecular flexibility index (Phi) is 4.47. The highest BCUT2D eigenvalue weighted by atomic mass is 16.6. The fourth-order valence-electron chi connectivity index (χ4n) is 2.87. The van der Waals surface area contributed by atoms with Crippen molar-refractivity contribution in [3.05, 3.63) is 28.3 Å². The van der Waals surface area contributed by atoms with Gasteiger partial charge in [-0.05, 0) is 38.7 Å². The SMILES string of the molecule is CCNc1cc(N2CCCC(C)C2C)cc([N+](=O)[O-])c1. The van der Waals surface area contributed by atoms with E-state index in [2.05, 4.69) is 24.1 Å². The lowest BCUT2D eigenvalue weighted by Crippen LogP contribution is -2.42. The number of nitrogens with zero attached hydrogens (tertiary/aromatic N) is 2. The maximum absolute atomic E-state index is 11.1. The van der Waals surface area contributed by atoms with E-state index in [1.165, 1.54) is 6.42 Å². The zero-order valence-corrected chi connectivity index (χ0v) is 12.4. The third-order valence-corrected chi connectivity index (χ3v) is 4.20. The van der Waals surface area contributed by atoms with Crippen molar-refractivity contribution in [1.29, 1.82) is 0 Å². The lowest BCUT2D eigenvalue weighted by Gasteiger charge is -2.39. The first-order valence-electron chi connectivity index (χ1n) is 7.33. The number of piperidine rings is 1. The molecule has 20 heavy (non-hydrogen) atoms. The summed E-state index contributed by atoms with van der Waals surface area (Å²) in [6.45, 7) is 8.17. The van der Waals surface area contributed by atoms with E-state index in [4.69, 9.17) is 0 Å². The van der Waals surface area contributed by atoms with E-state index in [0.29, 0.717) is 12.0 Å². The first-order chi connectivity index (χ1) is 9.52. The van der Waals surface area contributed by atoms with Gasteiger partial charge in [-0.3, -0.25) is 10.1 Å². The van der Waals surface area contributed by atoms with Crippen molar-refractivity contribution in [2.45, 2.75) is 39.7 Å². The third-order valence-electron chi connectivity index (χ3n) is 4.20. The summed E-state index contributed by atoms with van der Waals surface area (Å²) in [4.78, 5) is 13.1. The van der Waals surface area contributed by atoms with Crippen LogP contribution in [0.1, 0.15) is 33.6 Å². The fourth-order valence-corrected chi connectivity index (χ4v) is 2.87. The first kappa shape index (κ1) is 14.6. The number of non-ortho nitro benzene ring substituents is 1. The minimum Gasteiger partial charge on any atom is -0.385 e. The van der Waals surface area contributed by atoms with Gasteiger partial charge in [0, 0.05) is 42.6 Å². The molecule has 5 nitrogen and oxygen atoms in total. The number of nitro groups is 1. The highest BCUT2D eigenvalue weighted by molar-refractivity contribution is 5.65. The largest absolute Gasteiger partial charge is 0.385 e. The molecule has 0 radical (unpaired) electrons. The van der Waals surface area contributed by atoms with Crippen LogP contribution in [0.3, 0.4) is 0 Å². The Bertz CT molecular complexity index is 490. The molecule has 0 spiro atoms. The Morgan fingerprint density at radius 3 is 2.80 bits per heavy atom. The van der Waals surface area contributed by atoms with Crippen molar-refractivity contribution in [3.63, 3.8) is 0 Å². The standard InChI is InChI=1S/C15H23N3O2/c1-4-16-13-8-14(10-15(9-13)18(19)20)17-7-5-6-11(2)12(17)3/h8-12,16H,4-7H2,1-3H3. The highest BCUT2D eigenvalue weighted by Crippen LogP contribution is 2.33. The van der Waals surface area contributed by atoms with E-state index in [1.54, 1.807) is 12.1 Å².